The number of carbonyl (C=O) groups is 1. The Hall–Kier alpha value is -1.16. The topological polar surface area (TPSA) is 73.8 Å². The summed E-state index contributed by atoms with van der Waals surface area (Å²) in [6.45, 7) is 5.77. The number of amides is 1. The lowest BCUT2D eigenvalue weighted by molar-refractivity contribution is -0.130. The summed E-state index contributed by atoms with van der Waals surface area (Å²) in [7, 11) is -0.897. The maximum Gasteiger partial charge on any atom is 0.222 e. The zero-order valence-corrected chi connectivity index (χ0v) is 20.5. The Balaban J connectivity index is 0.00000420. The van der Waals surface area contributed by atoms with Crippen molar-refractivity contribution in [3.63, 3.8) is 0 Å². The SMILES string of the molecule is CCNC(=NCCCN1CCCCCC1=O)NCCS(=O)Cc1ccccc1.I. The summed E-state index contributed by atoms with van der Waals surface area (Å²) in [4.78, 5) is 18.6. The number of rotatable bonds is 10. The molecule has 1 aromatic rings. The van der Waals surface area contributed by atoms with Gasteiger partial charge in [0, 0.05) is 61.4 Å². The second-order valence-corrected chi connectivity index (χ2v) is 8.58. The highest BCUT2D eigenvalue weighted by Crippen LogP contribution is 2.11. The summed E-state index contributed by atoms with van der Waals surface area (Å²) in [6.07, 6.45) is 4.84. The fourth-order valence-electron chi connectivity index (χ4n) is 3.18. The molecule has 0 bridgehead atoms. The number of carbonyl (C=O) groups excluding carboxylic acids is 1. The van der Waals surface area contributed by atoms with E-state index in [-0.39, 0.29) is 29.9 Å². The average molecular weight is 535 g/mol. The molecular weight excluding hydrogens is 499 g/mol. The van der Waals surface area contributed by atoms with Crippen molar-refractivity contribution in [2.75, 3.05) is 38.5 Å². The highest BCUT2D eigenvalue weighted by molar-refractivity contribution is 14.0. The van der Waals surface area contributed by atoms with Gasteiger partial charge >= 0.3 is 0 Å². The van der Waals surface area contributed by atoms with Crippen LogP contribution in [-0.4, -0.2) is 59.5 Å². The standard InChI is InChI=1S/C21H34N4O2S.HI/c1-2-22-21(23-13-9-16-25-15-8-4-7-12-20(25)26)24-14-17-28(27)18-19-10-5-3-6-11-19;/h3,5-6,10-11H,2,4,7-9,12-18H2,1H3,(H2,22,23,24);1H. The van der Waals surface area contributed by atoms with Gasteiger partial charge in [0.1, 0.15) is 0 Å². The van der Waals surface area contributed by atoms with Crippen molar-refractivity contribution in [2.24, 2.45) is 4.99 Å². The third-order valence-electron chi connectivity index (χ3n) is 4.66. The van der Waals surface area contributed by atoms with E-state index in [2.05, 4.69) is 15.6 Å². The molecule has 2 N–H and O–H groups in total. The second-order valence-electron chi connectivity index (χ2n) is 7.01. The second kappa shape index (κ2) is 15.6. The number of hydrogen-bond acceptors (Lipinski definition) is 3. The molecule has 1 aromatic carbocycles. The molecule has 8 heteroatoms. The number of benzene rings is 1. The molecule has 0 aliphatic carbocycles. The molecule has 1 unspecified atom stereocenters. The van der Waals surface area contributed by atoms with Crippen LogP contribution in [0.15, 0.2) is 35.3 Å². The summed E-state index contributed by atoms with van der Waals surface area (Å²) in [5.74, 6) is 2.20. The molecule has 29 heavy (non-hydrogen) atoms. The number of hydrogen-bond donors (Lipinski definition) is 2. The quantitative estimate of drug-likeness (QED) is 0.210. The maximum atomic E-state index is 12.2. The summed E-state index contributed by atoms with van der Waals surface area (Å²) >= 11 is 0. The lowest BCUT2D eigenvalue weighted by atomic mass is 10.2. The van der Waals surface area contributed by atoms with Gasteiger partial charge in [0.05, 0.1) is 0 Å². The summed E-state index contributed by atoms with van der Waals surface area (Å²) < 4.78 is 12.2. The maximum absolute atomic E-state index is 12.2. The van der Waals surface area contributed by atoms with E-state index in [0.717, 1.165) is 56.8 Å². The van der Waals surface area contributed by atoms with E-state index in [1.165, 1.54) is 0 Å². The zero-order chi connectivity index (χ0) is 20.0. The van der Waals surface area contributed by atoms with Crippen molar-refractivity contribution < 1.29 is 9.00 Å². The van der Waals surface area contributed by atoms with Crippen LogP contribution in [0.5, 0.6) is 0 Å². The van der Waals surface area contributed by atoms with Gasteiger partial charge < -0.3 is 15.5 Å². The third kappa shape index (κ3) is 11.0. The van der Waals surface area contributed by atoms with Crippen LogP contribution in [0.1, 0.15) is 44.6 Å². The average Bonchev–Trinajstić information content (AvgIpc) is 2.90. The van der Waals surface area contributed by atoms with Gasteiger partial charge in [0.15, 0.2) is 5.96 Å². The summed E-state index contributed by atoms with van der Waals surface area (Å²) in [5.41, 5.74) is 1.10. The molecule has 0 radical (unpaired) electrons. The highest BCUT2D eigenvalue weighted by atomic mass is 127. The first-order valence-corrected chi connectivity index (χ1v) is 11.9. The number of nitrogens with zero attached hydrogens (tertiary/aromatic N) is 2. The number of nitrogens with one attached hydrogen (secondary N) is 2. The normalized spacial score (nSPS) is 16.0. The predicted octanol–water partition coefficient (Wildman–Crippen LogP) is 2.90. The molecule has 164 valence electrons. The van der Waals surface area contributed by atoms with Gasteiger partial charge in [-0.3, -0.25) is 14.0 Å². The summed E-state index contributed by atoms with van der Waals surface area (Å²) in [6, 6.07) is 9.92. The number of halogens is 1. The van der Waals surface area contributed by atoms with E-state index < -0.39 is 10.8 Å². The predicted molar refractivity (Wildman–Crippen MR) is 132 cm³/mol. The molecule has 1 amide bonds. The van der Waals surface area contributed by atoms with Crippen molar-refractivity contribution in [3.05, 3.63) is 35.9 Å². The third-order valence-corrected chi connectivity index (χ3v) is 5.98. The van der Waals surface area contributed by atoms with Crippen molar-refractivity contribution in [3.8, 4) is 0 Å². The molecule has 0 aromatic heterocycles. The van der Waals surface area contributed by atoms with Crippen LogP contribution in [0, 0.1) is 0 Å². The molecule has 2 rings (SSSR count). The number of likely N-dealkylation sites (tertiary alicyclic amines) is 1. The zero-order valence-electron chi connectivity index (χ0n) is 17.4. The fourth-order valence-corrected chi connectivity index (χ4v) is 4.22. The first-order chi connectivity index (χ1) is 13.7. The minimum Gasteiger partial charge on any atom is -0.357 e. The van der Waals surface area contributed by atoms with Gasteiger partial charge in [-0.2, -0.15) is 0 Å². The van der Waals surface area contributed by atoms with Gasteiger partial charge in [-0.05, 0) is 31.7 Å². The summed E-state index contributed by atoms with van der Waals surface area (Å²) in [5, 5.41) is 6.48. The Morgan fingerprint density at radius 2 is 1.97 bits per heavy atom. The van der Waals surface area contributed by atoms with Crippen LogP contribution >= 0.6 is 24.0 Å². The van der Waals surface area contributed by atoms with E-state index in [1.807, 2.05) is 42.2 Å². The van der Waals surface area contributed by atoms with Crippen LogP contribution in [-0.2, 0) is 21.3 Å². The Kier molecular flexibility index (Phi) is 14.0. The first-order valence-electron chi connectivity index (χ1n) is 10.4. The molecule has 1 fully saturated rings. The van der Waals surface area contributed by atoms with E-state index in [9.17, 15) is 9.00 Å². The van der Waals surface area contributed by atoms with Crippen molar-refractivity contribution in [1.29, 1.82) is 0 Å². The Bertz CT molecular complexity index is 643. The van der Waals surface area contributed by atoms with E-state index in [1.54, 1.807) is 0 Å². The Morgan fingerprint density at radius 1 is 1.17 bits per heavy atom. The van der Waals surface area contributed by atoms with Gasteiger partial charge in [0.25, 0.3) is 0 Å². The van der Waals surface area contributed by atoms with Crippen LogP contribution < -0.4 is 10.6 Å². The Morgan fingerprint density at radius 3 is 2.72 bits per heavy atom. The van der Waals surface area contributed by atoms with E-state index in [0.29, 0.717) is 31.0 Å². The number of aliphatic imine (C=N–C) groups is 1. The van der Waals surface area contributed by atoms with Gasteiger partial charge in [0.2, 0.25) is 5.91 Å². The first kappa shape index (κ1) is 25.9. The fraction of sp³-hybridized carbons (Fsp3) is 0.619. The van der Waals surface area contributed by atoms with Gasteiger partial charge in [-0.1, -0.05) is 36.8 Å². The lowest BCUT2D eigenvalue weighted by Crippen LogP contribution is -2.39. The molecule has 1 atom stereocenters. The van der Waals surface area contributed by atoms with Crippen molar-refractivity contribution in [2.45, 2.75) is 44.8 Å². The molecule has 6 nitrogen and oxygen atoms in total. The highest BCUT2D eigenvalue weighted by Gasteiger charge is 2.15. The minimum atomic E-state index is -0.897. The van der Waals surface area contributed by atoms with Gasteiger partial charge in [-0.15, -0.1) is 24.0 Å². The van der Waals surface area contributed by atoms with E-state index >= 15 is 0 Å². The monoisotopic (exact) mass is 534 g/mol. The largest absolute Gasteiger partial charge is 0.357 e. The Labute approximate surface area is 194 Å². The van der Waals surface area contributed by atoms with Crippen LogP contribution in [0.3, 0.4) is 0 Å². The van der Waals surface area contributed by atoms with Crippen LogP contribution in [0.2, 0.25) is 0 Å². The van der Waals surface area contributed by atoms with Crippen molar-refractivity contribution >= 4 is 46.6 Å². The molecule has 1 heterocycles. The smallest absolute Gasteiger partial charge is 0.222 e. The van der Waals surface area contributed by atoms with Crippen LogP contribution in [0.4, 0.5) is 0 Å². The minimum absolute atomic E-state index is 0. The molecule has 1 aliphatic rings. The molecule has 0 saturated carbocycles. The lowest BCUT2D eigenvalue weighted by Gasteiger charge is -2.20. The molecular formula is C21H35IN4O2S. The van der Waals surface area contributed by atoms with Crippen LogP contribution in [0.25, 0.3) is 0 Å². The van der Waals surface area contributed by atoms with Gasteiger partial charge in [-0.25, -0.2) is 0 Å². The molecule has 0 spiro atoms. The van der Waals surface area contributed by atoms with E-state index in [4.69, 9.17) is 0 Å². The number of guanidine groups is 1. The molecule has 1 saturated heterocycles. The van der Waals surface area contributed by atoms with Crippen molar-refractivity contribution in [1.82, 2.24) is 15.5 Å². The molecule has 1 aliphatic heterocycles.